The average Bonchev–Trinajstić information content (AvgIpc) is 3.21. The van der Waals surface area contributed by atoms with Crippen LogP contribution in [0.2, 0.25) is 0 Å². The molecular formula is C31H61N2+. The molecule has 0 saturated carbocycles. The second-order valence-corrected chi connectivity index (χ2v) is 10.6. The minimum Gasteiger partial charge on any atom is -0.234 e. The fraction of sp³-hybridized carbons (Fsp3) is 0.903. The summed E-state index contributed by atoms with van der Waals surface area (Å²) < 4.78 is 5.20. The first kappa shape index (κ1) is 30.2. The van der Waals surface area contributed by atoms with Gasteiger partial charge in [-0.25, -0.2) is 9.13 Å². The lowest BCUT2D eigenvalue weighted by molar-refractivity contribution is -0.704. The van der Waals surface area contributed by atoms with Crippen molar-refractivity contribution in [2.24, 2.45) is 0 Å². The highest BCUT2D eigenvalue weighted by molar-refractivity contribution is 4.84. The van der Waals surface area contributed by atoms with Crippen LogP contribution in [-0.4, -0.2) is 4.57 Å². The highest BCUT2D eigenvalue weighted by Gasteiger charge is 2.16. The number of aryl methyl sites for hydroxylation is 2. The summed E-state index contributed by atoms with van der Waals surface area (Å²) in [6.07, 6.45) is 37.0. The van der Waals surface area contributed by atoms with Crippen molar-refractivity contribution in [1.82, 2.24) is 4.57 Å². The maximum atomic E-state index is 2.60. The summed E-state index contributed by atoms with van der Waals surface area (Å²) >= 11 is 0. The van der Waals surface area contributed by atoms with E-state index >= 15 is 0 Å². The fourth-order valence-electron chi connectivity index (χ4n) is 5.09. The molecular weight excluding hydrogens is 400 g/mol. The molecule has 1 aromatic rings. The summed E-state index contributed by atoms with van der Waals surface area (Å²) in [7, 11) is 0. The van der Waals surface area contributed by atoms with Gasteiger partial charge in [0, 0.05) is 6.42 Å². The molecule has 0 saturated heterocycles. The van der Waals surface area contributed by atoms with Gasteiger partial charge in [-0.1, -0.05) is 130 Å². The van der Waals surface area contributed by atoms with Crippen LogP contribution in [-0.2, 0) is 19.5 Å². The van der Waals surface area contributed by atoms with Crippen molar-refractivity contribution in [3.8, 4) is 0 Å². The van der Waals surface area contributed by atoms with E-state index in [0.717, 1.165) is 0 Å². The van der Waals surface area contributed by atoms with E-state index in [1.54, 1.807) is 5.82 Å². The Labute approximate surface area is 208 Å². The summed E-state index contributed by atoms with van der Waals surface area (Å²) in [4.78, 5) is 0. The lowest BCUT2D eigenvalue weighted by Gasteiger charge is -2.07. The molecule has 0 unspecified atom stereocenters. The topological polar surface area (TPSA) is 8.81 Å². The van der Waals surface area contributed by atoms with Gasteiger partial charge in [-0.05, 0) is 32.1 Å². The number of nitrogens with zero attached hydrogens (tertiary/aromatic N) is 2. The summed E-state index contributed by atoms with van der Waals surface area (Å²) in [6.45, 7) is 9.38. The zero-order valence-electron chi connectivity index (χ0n) is 23.2. The number of unbranched alkanes of at least 4 members (excludes halogenated alkanes) is 19. The van der Waals surface area contributed by atoms with Crippen molar-refractivity contribution < 1.29 is 4.57 Å². The summed E-state index contributed by atoms with van der Waals surface area (Å²) in [6, 6.07) is 0. The molecule has 0 aliphatic carbocycles. The Morgan fingerprint density at radius 1 is 0.515 bits per heavy atom. The Hall–Kier alpha value is -0.790. The van der Waals surface area contributed by atoms with Gasteiger partial charge in [-0.3, -0.25) is 0 Å². The minimum absolute atomic E-state index is 1.23. The third-order valence-corrected chi connectivity index (χ3v) is 7.35. The number of imidazole rings is 1. The van der Waals surface area contributed by atoms with Gasteiger partial charge in [0.1, 0.15) is 12.4 Å². The Morgan fingerprint density at radius 2 is 0.939 bits per heavy atom. The highest BCUT2D eigenvalue weighted by Crippen LogP contribution is 2.13. The van der Waals surface area contributed by atoms with E-state index in [4.69, 9.17) is 0 Å². The van der Waals surface area contributed by atoms with Crippen LogP contribution < -0.4 is 4.57 Å². The van der Waals surface area contributed by atoms with E-state index in [9.17, 15) is 0 Å². The molecule has 0 fully saturated rings. The van der Waals surface area contributed by atoms with E-state index in [2.05, 4.69) is 42.3 Å². The molecule has 0 spiro atoms. The first-order valence-corrected chi connectivity index (χ1v) is 15.4. The van der Waals surface area contributed by atoms with Gasteiger partial charge in [0.05, 0.1) is 13.1 Å². The van der Waals surface area contributed by atoms with Crippen molar-refractivity contribution >= 4 is 0 Å². The zero-order valence-corrected chi connectivity index (χ0v) is 23.2. The second-order valence-electron chi connectivity index (χ2n) is 10.6. The molecule has 0 atom stereocenters. The Morgan fingerprint density at radius 3 is 1.45 bits per heavy atom. The van der Waals surface area contributed by atoms with Gasteiger partial charge in [-0.2, -0.15) is 0 Å². The van der Waals surface area contributed by atoms with Crippen molar-refractivity contribution in [2.75, 3.05) is 0 Å². The molecule has 1 rings (SSSR count). The fourth-order valence-corrected chi connectivity index (χ4v) is 5.09. The third-order valence-electron chi connectivity index (χ3n) is 7.35. The van der Waals surface area contributed by atoms with Crippen molar-refractivity contribution in [1.29, 1.82) is 0 Å². The highest BCUT2D eigenvalue weighted by atomic mass is 15.1. The maximum absolute atomic E-state index is 2.60. The summed E-state index contributed by atoms with van der Waals surface area (Å²) in [5.41, 5.74) is 0. The van der Waals surface area contributed by atoms with Crippen LogP contribution in [0.5, 0.6) is 0 Å². The number of aromatic nitrogens is 2. The van der Waals surface area contributed by atoms with Crippen LogP contribution >= 0.6 is 0 Å². The first-order chi connectivity index (χ1) is 16.3. The van der Waals surface area contributed by atoms with Crippen LogP contribution in [0.15, 0.2) is 12.4 Å². The van der Waals surface area contributed by atoms with E-state index in [1.165, 1.54) is 161 Å². The predicted molar refractivity (Wildman–Crippen MR) is 147 cm³/mol. The van der Waals surface area contributed by atoms with Gasteiger partial charge in [-0.15, -0.1) is 0 Å². The molecule has 0 aromatic carbocycles. The van der Waals surface area contributed by atoms with E-state index in [-0.39, 0.29) is 0 Å². The Bertz CT molecular complexity index is 519. The van der Waals surface area contributed by atoms with Gasteiger partial charge in [0.2, 0.25) is 0 Å². The summed E-state index contributed by atoms with van der Waals surface area (Å²) in [5.74, 6) is 1.61. The molecule has 33 heavy (non-hydrogen) atoms. The molecule has 0 aliphatic rings. The number of hydrogen-bond acceptors (Lipinski definition) is 0. The Balaban J connectivity index is 2.33. The van der Waals surface area contributed by atoms with Crippen LogP contribution in [0.3, 0.4) is 0 Å². The van der Waals surface area contributed by atoms with Gasteiger partial charge in [0.25, 0.3) is 5.82 Å². The van der Waals surface area contributed by atoms with Gasteiger partial charge in [0.15, 0.2) is 0 Å². The van der Waals surface area contributed by atoms with Gasteiger partial charge < -0.3 is 0 Å². The van der Waals surface area contributed by atoms with Crippen LogP contribution in [0.25, 0.3) is 0 Å². The predicted octanol–water partition coefficient (Wildman–Crippen LogP) is 9.96. The molecule has 2 nitrogen and oxygen atoms in total. The largest absolute Gasteiger partial charge is 0.256 e. The van der Waals surface area contributed by atoms with E-state index < -0.39 is 0 Å². The minimum atomic E-state index is 1.23. The lowest BCUT2D eigenvalue weighted by Crippen LogP contribution is -2.37. The smallest absolute Gasteiger partial charge is 0.234 e. The first-order valence-electron chi connectivity index (χ1n) is 15.4. The van der Waals surface area contributed by atoms with Gasteiger partial charge >= 0.3 is 0 Å². The van der Waals surface area contributed by atoms with E-state index in [0.29, 0.717) is 0 Å². The molecule has 0 N–H and O–H groups in total. The van der Waals surface area contributed by atoms with Crippen LogP contribution in [0.1, 0.15) is 168 Å². The number of hydrogen-bond donors (Lipinski definition) is 0. The van der Waals surface area contributed by atoms with Crippen LogP contribution in [0, 0.1) is 0 Å². The standard InChI is InChI=1S/C31H61N2/c1-4-7-10-13-15-16-17-19-22-25-28-33-30-29-32(27-24-21-18-14-11-8-5-2)31(33)26-23-20-12-9-6-3/h29-30H,4-28H2,1-3H3/q+1. The molecule has 0 aliphatic heterocycles. The Kier molecular flexibility index (Phi) is 21.1. The quantitative estimate of drug-likeness (QED) is 0.101. The van der Waals surface area contributed by atoms with Crippen molar-refractivity contribution in [2.45, 2.75) is 182 Å². The molecule has 1 heterocycles. The van der Waals surface area contributed by atoms with Crippen molar-refractivity contribution in [3.63, 3.8) is 0 Å². The average molecular weight is 462 g/mol. The maximum Gasteiger partial charge on any atom is 0.256 e. The molecule has 194 valence electrons. The second kappa shape index (κ2) is 23.0. The van der Waals surface area contributed by atoms with Crippen molar-refractivity contribution in [3.05, 3.63) is 18.2 Å². The SMILES string of the molecule is CCCCCCCCCCCCn1cc[n+](CCCCCCCCC)c1CCCCCCC. The number of rotatable bonds is 25. The normalized spacial score (nSPS) is 11.5. The molecule has 1 aromatic heterocycles. The molecule has 0 radical (unpaired) electrons. The molecule has 0 bridgehead atoms. The zero-order chi connectivity index (χ0) is 23.8. The monoisotopic (exact) mass is 461 g/mol. The molecule has 2 heteroatoms. The molecule has 0 amide bonds. The van der Waals surface area contributed by atoms with E-state index in [1.807, 2.05) is 0 Å². The summed E-state index contributed by atoms with van der Waals surface area (Å²) in [5, 5.41) is 0. The lowest BCUT2D eigenvalue weighted by atomic mass is 10.1. The third kappa shape index (κ3) is 16.5. The van der Waals surface area contributed by atoms with Crippen LogP contribution in [0.4, 0.5) is 0 Å².